The van der Waals surface area contributed by atoms with Crippen molar-refractivity contribution >= 4 is 5.97 Å². The lowest BCUT2D eigenvalue weighted by Crippen LogP contribution is -2.27. The maximum Gasteiger partial charge on any atom is 0.306 e. The molecule has 0 aliphatic heterocycles. The van der Waals surface area contributed by atoms with E-state index in [-0.39, 0.29) is 12.6 Å². The number of aliphatic hydroxyl groups is 1. The van der Waals surface area contributed by atoms with Crippen LogP contribution in [0.5, 0.6) is 0 Å². The van der Waals surface area contributed by atoms with E-state index in [2.05, 4.69) is 62.5 Å². The second-order valence-electron chi connectivity index (χ2n) is 12.3. The number of carbonyl (C=O) groups excluding carboxylic acids is 1. The smallest absolute Gasteiger partial charge is 0.306 e. The molecule has 0 aliphatic rings. The van der Waals surface area contributed by atoms with Crippen LogP contribution in [0.3, 0.4) is 0 Å². The fourth-order valence-electron chi connectivity index (χ4n) is 5.14. The average Bonchev–Trinajstić information content (AvgIpc) is 3.03. The summed E-state index contributed by atoms with van der Waals surface area (Å²) in [6.45, 7) is 5.22. The molecule has 1 N–H and O–H groups in total. The Bertz CT molecular complexity index is 693. The minimum absolute atomic E-state index is 0.173. The van der Waals surface area contributed by atoms with Gasteiger partial charge in [-0.1, -0.05) is 165 Å². The van der Waals surface area contributed by atoms with Crippen LogP contribution < -0.4 is 0 Å². The van der Waals surface area contributed by atoms with Crippen molar-refractivity contribution in [3.8, 4) is 0 Å². The molecule has 0 spiro atoms. The van der Waals surface area contributed by atoms with E-state index in [1.807, 2.05) is 0 Å². The molecule has 4 nitrogen and oxygen atoms in total. The van der Waals surface area contributed by atoms with Gasteiger partial charge < -0.3 is 14.6 Å². The molecule has 0 saturated carbocycles. The van der Waals surface area contributed by atoms with Crippen LogP contribution in [0, 0.1) is 0 Å². The molecule has 44 heavy (non-hydrogen) atoms. The Labute approximate surface area is 273 Å². The van der Waals surface area contributed by atoms with Gasteiger partial charge >= 0.3 is 5.97 Å². The zero-order valence-electron chi connectivity index (χ0n) is 29.2. The molecule has 1 atom stereocenters. The first kappa shape index (κ1) is 42.3. The number of unbranched alkanes of at least 4 members (excludes halogenated alkanes) is 18. The number of esters is 1. The summed E-state index contributed by atoms with van der Waals surface area (Å²) in [4.78, 5) is 12.1. The molecule has 0 heterocycles. The first-order chi connectivity index (χ1) is 21.7. The summed E-state index contributed by atoms with van der Waals surface area (Å²) < 4.78 is 11.1. The maximum absolute atomic E-state index is 12.1. The predicted octanol–water partition coefficient (Wildman–Crippen LogP) is 11.9. The molecule has 0 saturated heterocycles. The molecule has 256 valence electrons. The van der Waals surface area contributed by atoms with Crippen molar-refractivity contribution in [3.05, 3.63) is 48.6 Å². The molecule has 0 fully saturated rings. The lowest BCUT2D eigenvalue weighted by molar-refractivity contribution is -0.154. The van der Waals surface area contributed by atoms with Crippen molar-refractivity contribution in [1.29, 1.82) is 0 Å². The fourth-order valence-corrected chi connectivity index (χ4v) is 5.14. The third-order valence-corrected chi connectivity index (χ3v) is 7.92. The van der Waals surface area contributed by atoms with Crippen LogP contribution in [-0.2, 0) is 14.3 Å². The summed E-state index contributed by atoms with van der Waals surface area (Å²) in [6.07, 6.45) is 47.3. The van der Waals surface area contributed by atoms with E-state index >= 15 is 0 Å². The van der Waals surface area contributed by atoms with Gasteiger partial charge in [0.25, 0.3) is 0 Å². The minimum atomic E-state index is -0.532. The fraction of sp³-hybridized carbons (Fsp3) is 0.775. The topological polar surface area (TPSA) is 55.8 Å². The molecular formula is C40H72O4. The van der Waals surface area contributed by atoms with Crippen molar-refractivity contribution in [3.63, 3.8) is 0 Å². The quantitative estimate of drug-likeness (QED) is 0.0444. The van der Waals surface area contributed by atoms with E-state index in [9.17, 15) is 9.90 Å². The van der Waals surface area contributed by atoms with Gasteiger partial charge in [0.15, 0.2) is 0 Å². The van der Waals surface area contributed by atoms with E-state index in [1.165, 1.54) is 109 Å². The van der Waals surface area contributed by atoms with E-state index < -0.39 is 6.10 Å². The molecule has 0 aromatic rings. The lowest BCUT2D eigenvalue weighted by Gasteiger charge is -2.16. The van der Waals surface area contributed by atoms with Gasteiger partial charge in [-0.3, -0.25) is 4.79 Å². The van der Waals surface area contributed by atoms with Crippen LogP contribution in [0.1, 0.15) is 174 Å². The van der Waals surface area contributed by atoms with E-state index in [0.717, 1.165) is 44.9 Å². The maximum atomic E-state index is 12.1. The third-order valence-electron chi connectivity index (χ3n) is 7.92. The number of aliphatic hydroxyl groups excluding tert-OH is 1. The molecule has 0 rings (SSSR count). The second-order valence-corrected chi connectivity index (χ2v) is 12.3. The van der Waals surface area contributed by atoms with Gasteiger partial charge in [-0.05, 0) is 51.4 Å². The van der Waals surface area contributed by atoms with Crippen molar-refractivity contribution in [2.24, 2.45) is 0 Å². The van der Waals surface area contributed by atoms with Crippen molar-refractivity contribution in [1.82, 2.24) is 0 Å². The van der Waals surface area contributed by atoms with Gasteiger partial charge in [-0.15, -0.1) is 0 Å². The number of allylic oxidation sites excluding steroid dienone is 8. The highest BCUT2D eigenvalue weighted by atomic mass is 16.6. The lowest BCUT2D eigenvalue weighted by atomic mass is 10.0. The largest absolute Gasteiger partial charge is 0.457 e. The van der Waals surface area contributed by atoms with Gasteiger partial charge in [-0.2, -0.15) is 0 Å². The third kappa shape index (κ3) is 34.8. The summed E-state index contributed by atoms with van der Waals surface area (Å²) in [5, 5.41) is 9.53. The standard InChI is InChI=1S/C40H72O4/c1-3-5-7-9-11-13-14-15-16-17-18-19-20-21-22-23-24-25-26-27-29-31-33-35-40(42)44-39(37-41)38-43-36-34-32-30-28-12-10-8-6-4-2/h5,7,11,13,15-16,18-19,39,41H,3-4,6,8-10,12,14,17,20-38H2,1-2H3/b7-5-,13-11-,16-15-,19-18-. The Balaban J connectivity index is 3.44. The van der Waals surface area contributed by atoms with Crippen LogP contribution in [0.25, 0.3) is 0 Å². The number of ether oxygens (including phenoxy) is 2. The van der Waals surface area contributed by atoms with Crippen LogP contribution in [0.4, 0.5) is 0 Å². The van der Waals surface area contributed by atoms with E-state index in [1.54, 1.807) is 0 Å². The number of carbonyl (C=O) groups is 1. The average molecular weight is 617 g/mol. The minimum Gasteiger partial charge on any atom is -0.457 e. The monoisotopic (exact) mass is 617 g/mol. The van der Waals surface area contributed by atoms with Crippen LogP contribution in [-0.4, -0.2) is 37.0 Å². The number of hydrogen-bond donors (Lipinski definition) is 1. The molecule has 0 aromatic heterocycles. The Morgan fingerprint density at radius 3 is 1.55 bits per heavy atom. The van der Waals surface area contributed by atoms with Crippen LogP contribution in [0.2, 0.25) is 0 Å². The normalized spacial score (nSPS) is 12.9. The first-order valence-electron chi connectivity index (χ1n) is 18.7. The second kappa shape index (κ2) is 37.5. The first-order valence-corrected chi connectivity index (χ1v) is 18.7. The molecule has 0 amide bonds. The SMILES string of the molecule is CC/C=C\C/C=C\C/C=C\C/C=C\CCCCCCCCCCCCC(=O)OC(CO)COCCCCCCCCCCC. The van der Waals surface area contributed by atoms with Gasteiger partial charge in [0.2, 0.25) is 0 Å². The van der Waals surface area contributed by atoms with Gasteiger partial charge in [0.1, 0.15) is 6.10 Å². The molecule has 4 heteroatoms. The summed E-state index contributed by atoms with van der Waals surface area (Å²) >= 11 is 0. The summed E-state index contributed by atoms with van der Waals surface area (Å²) in [6, 6.07) is 0. The van der Waals surface area contributed by atoms with E-state index in [4.69, 9.17) is 9.47 Å². The van der Waals surface area contributed by atoms with Crippen molar-refractivity contribution in [2.45, 2.75) is 180 Å². The summed E-state index contributed by atoms with van der Waals surface area (Å²) in [5.74, 6) is -0.207. The molecule has 1 unspecified atom stereocenters. The molecule has 0 radical (unpaired) electrons. The highest BCUT2D eigenvalue weighted by molar-refractivity contribution is 5.69. The Kier molecular flexibility index (Phi) is 36.1. The molecule has 0 bridgehead atoms. The number of rotatable bonds is 34. The molecular weight excluding hydrogens is 544 g/mol. The Hall–Kier alpha value is -1.65. The Morgan fingerprint density at radius 1 is 0.568 bits per heavy atom. The highest BCUT2D eigenvalue weighted by Gasteiger charge is 2.13. The van der Waals surface area contributed by atoms with E-state index in [0.29, 0.717) is 19.6 Å². The van der Waals surface area contributed by atoms with Gasteiger partial charge in [0.05, 0.1) is 13.2 Å². The summed E-state index contributed by atoms with van der Waals surface area (Å²) in [7, 11) is 0. The van der Waals surface area contributed by atoms with Crippen LogP contribution in [0.15, 0.2) is 48.6 Å². The van der Waals surface area contributed by atoms with Crippen LogP contribution >= 0.6 is 0 Å². The van der Waals surface area contributed by atoms with Gasteiger partial charge in [0, 0.05) is 13.0 Å². The van der Waals surface area contributed by atoms with Gasteiger partial charge in [-0.25, -0.2) is 0 Å². The molecule has 0 aliphatic carbocycles. The predicted molar refractivity (Wildman–Crippen MR) is 191 cm³/mol. The summed E-state index contributed by atoms with van der Waals surface area (Å²) in [5.41, 5.74) is 0. The molecule has 0 aromatic carbocycles. The zero-order valence-corrected chi connectivity index (χ0v) is 29.2. The van der Waals surface area contributed by atoms with Crippen molar-refractivity contribution in [2.75, 3.05) is 19.8 Å². The Morgan fingerprint density at radius 2 is 1.02 bits per heavy atom. The number of hydrogen-bond acceptors (Lipinski definition) is 4. The zero-order chi connectivity index (χ0) is 32.0. The highest BCUT2D eigenvalue weighted by Crippen LogP contribution is 2.13. The van der Waals surface area contributed by atoms with Crippen molar-refractivity contribution < 1.29 is 19.4 Å².